The van der Waals surface area contributed by atoms with Crippen LogP contribution in [0.25, 0.3) is 0 Å². The normalized spacial score (nSPS) is 16.6. The van der Waals surface area contributed by atoms with E-state index in [1.807, 2.05) is 6.07 Å². The first-order chi connectivity index (χ1) is 13.9. The lowest BCUT2D eigenvalue weighted by molar-refractivity contribution is 0.154. The molecule has 0 aliphatic carbocycles. The zero-order valence-corrected chi connectivity index (χ0v) is 18.3. The molecular formula is C26H43NO. The summed E-state index contributed by atoms with van der Waals surface area (Å²) in [6.45, 7) is 3.20. The standard InChI is InChI=1S/C26H43NO/c1-2-3-4-5-6-7-8-9-10-11-12-13-14-18-21-25-22-23-27-26(28-25)24-19-16-15-17-20-24/h15-17,19-20,25H,2-14,18,21-23H2,1H3. The van der Waals surface area contributed by atoms with E-state index in [4.69, 9.17) is 4.74 Å². The number of unbranched alkanes of at least 4 members (excludes halogenated alkanes) is 13. The van der Waals surface area contributed by atoms with E-state index in [-0.39, 0.29) is 0 Å². The molecule has 0 amide bonds. The lowest BCUT2D eigenvalue weighted by Gasteiger charge is -2.24. The van der Waals surface area contributed by atoms with Gasteiger partial charge in [-0.25, -0.2) is 0 Å². The van der Waals surface area contributed by atoms with Crippen LogP contribution in [0.3, 0.4) is 0 Å². The molecule has 0 saturated heterocycles. The Labute approximate surface area is 174 Å². The van der Waals surface area contributed by atoms with Crippen molar-refractivity contribution in [2.75, 3.05) is 6.54 Å². The Bertz CT molecular complexity index is 510. The van der Waals surface area contributed by atoms with Crippen LogP contribution in [0.1, 0.15) is 115 Å². The van der Waals surface area contributed by atoms with Crippen molar-refractivity contribution in [1.29, 1.82) is 0 Å². The third-order valence-electron chi connectivity index (χ3n) is 5.89. The molecule has 1 heterocycles. The summed E-state index contributed by atoms with van der Waals surface area (Å²) in [5, 5.41) is 0. The second-order valence-corrected chi connectivity index (χ2v) is 8.47. The smallest absolute Gasteiger partial charge is 0.216 e. The average molecular weight is 386 g/mol. The van der Waals surface area contributed by atoms with Crippen molar-refractivity contribution in [2.24, 2.45) is 4.99 Å². The number of rotatable bonds is 16. The van der Waals surface area contributed by atoms with Crippen molar-refractivity contribution in [3.63, 3.8) is 0 Å². The van der Waals surface area contributed by atoms with Crippen LogP contribution in [0.5, 0.6) is 0 Å². The van der Waals surface area contributed by atoms with Gasteiger partial charge in [0.2, 0.25) is 5.90 Å². The van der Waals surface area contributed by atoms with Gasteiger partial charge in [0.25, 0.3) is 0 Å². The molecule has 1 unspecified atom stereocenters. The van der Waals surface area contributed by atoms with E-state index < -0.39 is 0 Å². The summed E-state index contributed by atoms with van der Waals surface area (Å²) < 4.78 is 6.14. The molecule has 1 aliphatic rings. The highest BCUT2D eigenvalue weighted by atomic mass is 16.5. The van der Waals surface area contributed by atoms with Crippen LogP contribution in [0, 0.1) is 0 Å². The molecule has 158 valence electrons. The molecule has 2 rings (SSSR count). The predicted octanol–water partition coefficient (Wildman–Crippen LogP) is 8.09. The van der Waals surface area contributed by atoms with E-state index in [0.29, 0.717) is 6.10 Å². The molecule has 0 radical (unpaired) electrons. The van der Waals surface area contributed by atoms with Crippen LogP contribution >= 0.6 is 0 Å². The molecule has 1 atom stereocenters. The highest BCUT2D eigenvalue weighted by Crippen LogP contribution is 2.19. The van der Waals surface area contributed by atoms with Gasteiger partial charge in [-0.3, -0.25) is 4.99 Å². The molecule has 1 aliphatic heterocycles. The predicted molar refractivity (Wildman–Crippen MR) is 122 cm³/mol. The maximum absolute atomic E-state index is 6.14. The van der Waals surface area contributed by atoms with Crippen molar-refractivity contribution in [1.82, 2.24) is 0 Å². The zero-order chi connectivity index (χ0) is 19.7. The van der Waals surface area contributed by atoms with Gasteiger partial charge in [0.15, 0.2) is 0 Å². The second kappa shape index (κ2) is 15.6. The summed E-state index contributed by atoms with van der Waals surface area (Å²) in [5.41, 5.74) is 1.12. The molecule has 0 N–H and O–H groups in total. The van der Waals surface area contributed by atoms with Gasteiger partial charge in [-0.05, 0) is 25.0 Å². The third-order valence-corrected chi connectivity index (χ3v) is 5.89. The van der Waals surface area contributed by atoms with Crippen LogP contribution in [-0.4, -0.2) is 18.5 Å². The van der Waals surface area contributed by atoms with Crippen LogP contribution in [-0.2, 0) is 4.74 Å². The molecule has 1 aromatic carbocycles. The van der Waals surface area contributed by atoms with Gasteiger partial charge in [-0.15, -0.1) is 0 Å². The summed E-state index contributed by atoms with van der Waals surface area (Å²) in [6.07, 6.45) is 22.5. The van der Waals surface area contributed by atoms with Crippen LogP contribution in [0.2, 0.25) is 0 Å². The largest absolute Gasteiger partial charge is 0.474 e. The summed E-state index contributed by atoms with van der Waals surface area (Å²) in [4.78, 5) is 4.56. The van der Waals surface area contributed by atoms with Crippen LogP contribution < -0.4 is 0 Å². The Morgan fingerprint density at radius 2 is 1.29 bits per heavy atom. The first kappa shape index (κ1) is 23.0. The number of hydrogen-bond acceptors (Lipinski definition) is 2. The van der Waals surface area contributed by atoms with Gasteiger partial charge < -0.3 is 4.74 Å². The Kier molecular flexibility index (Phi) is 12.8. The van der Waals surface area contributed by atoms with Crippen molar-refractivity contribution >= 4 is 5.90 Å². The van der Waals surface area contributed by atoms with Crippen molar-refractivity contribution < 1.29 is 4.74 Å². The van der Waals surface area contributed by atoms with Gasteiger partial charge in [0, 0.05) is 18.5 Å². The summed E-state index contributed by atoms with van der Waals surface area (Å²) in [7, 11) is 0. The molecule has 2 heteroatoms. The fourth-order valence-corrected chi connectivity index (χ4v) is 4.07. The zero-order valence-electron chi connectivity index (χ0n) is 18.3. The van der Waals surface area contributed by atoms with Crippen molar-refractivity contribution in [3.05, 3.63) is 35.9 Å². The first-order valence-corrected chi connectivity index (χ1v) is 12.2. The topological polar surface area (TPSA) is 21.6 Å². The summed E-state index contributed by atoms with van der Waals surface area (Å²) >= 11 is 0. The molecule has 0 bridgehead atoms. The number of ether oxygens (including phenoxy) is 1. The fraction of sp³-hybridized carbons (Fsp3) is 0.731. The Morgan fingerprint density at radius 3 is 1.86 bits per heavy atom. The quantitative estimate of drug-likeness (QED) is 0.263. The maximum Gasteiger partial charge on any atom is 0.216 e. The molecule has 0 saturated carbocycles. The summed E-state index contributed by atoms with van der Waals surface area (Å²) in [5.74, 6) is 0.849. The third kappa shape index (κ3) is 10.3. The minimum absolute atomic E-state index is 0.366. The van der Waals surface area contributed by atoms with E-state index in [0.717, 1.165) is 24.4 Å². The highest BCUT2D eigenvalue weighted by Gasteiger charge is 2.18. The Morgan fingerprint density at radius 1 is 0.750 bits per heavy atom. The van der Waals surface area contributed by atoms with Gasteiger partial charge in [0.05, 0.1) is 0 Å². The lowest BCUT2D eigenvalue weighted by atomic mass is 10.0. The van der Waals surface area contributed by atoms with E-state index in [1.165, 1.54) is 96.3 Å². The molecule has 28 heavy (non-hydrogen) atoms. The minimum atomic E-state index is 0.366. The monoisotopic (exact) mass is 385 g/mol. The number of benzene rings is 1. The second-order valence-electron chi connectivity index (χ2n) is 8.47. The SMILES string of the molecule is CCCCCCCCCCCCCCCCC1CCN=C(c2ccccc2)O1. The molecular weight excluding hydrogens is 342 g/mol. The van der Waals surface area contributed by atoms with Crippen LogP contribution in [0.4, 0.5) is 0 Å². The maximum atomic E-state index is 6.14. The molecule has 0 fully saturated rings. The Balaban J connectivity index is 1.38. The number of aliphatic imine (C=N–C) groups is 1. The molecule has 1 aromatic rings. The van der Waals surface area contributed by atoms with E-state index >= 15 is 0 Å². The van der Waals surface area contributed by atoms with Crippen molar-refractivity contribution in [3.8, 4) is 0 Å². The Hall–Kier alpha value is -1.31. The van der Waals surface area contributed by atoms with E-state index in [1.54, 1.807) is 0 Å². The summed E-state index contributed by atoms with van der Waals surface area (Å²) in [6, 6.07) is 10.3. The van der Waals surface area contributed by atoms with Gasteiger partial charge in [0.1, 0.15) is 6.10 Å². The van der Waals surface area contributed by atoms with Crippen LogP contribution in [0.15, 0.2) is 35.3 Å². The van der Waals surface area contributed by atoms with E-state index in [9.17, 15) is 0 Å². The molecule has 2 nitrogen and oxygen atoms in total. The average Bonchev–Trinajstić information content (AvgIpc) is 2.75. The minimum Gasteiger partial charge on any atom is -0.474 e. The molecule has 0 aromatic heterocycles. The molecule has 0 spiro atoms. The highest BCUT2D eigenvalue weighted by molar-refractivity contribution is 5.94. The lowest BCUT2D eigenvalue weighted by Crippen LogP contribution is -2.24. The fourth-order valence-electron chi connectivity index (χ4n) is 4.07. The number of hydrogen-bond donors (Lipinski definition) is 0. The first-order valence-electron chi connectivity index (χ1n) is 12.2. The van der Waals surface area contributed by atoms with Gasteiger partial charge in [-0.1, -0.05) is 109 Å². The van der Waals surface area contributed by atoms with Crippen molar-refractivity contribution in [2.45, 2.75) is 116 Å². The van der Waals surface area contributed by atoms with Gasteiger partial charge in [-0.2, -0.15) is 0 Å². The number of nitrogens with zero attached hydrogens (tertiary/aromatic N) is 1. The van der Waals surface area contributed by atoms with E-state index in [2.05, 4.69) is 36.2 Å². The van der Waals surface area contributed by atoms with Gasteiger partial charge >= 0.3 is 0 Å².